The minimum atomic E-state index is 0.0208. The number of hydrogen-bond donors (Lipinski definition) is 1. The molecule has 114 valence electrons. The molecule has 0 radical (unpaired) electrons. The van der Waals surface area contributed by atoms with E-state index in [9.17, 15) is 0 Å². The van der Waals surface area contributed by atoms with E-state index < -0.39 is 0 Å². The van der Waals surface area contributed by atoms with Crippen LogP contribution < -0.4 is 5.32 Å². The summed E-state index contributed by atoms with van der Waals surface area (Å²) in [4.78, 5) is 0. The van der Waals surface area contributed by atoms with Gasteiger partial charge in [-0.15, -0.1) is 0 Å². The van der Waals surface area contributed by atoms with Crippen LogP contribution in [0.25, 0.3) is 0 Å². The van der Waals surface area contributed by atoms with E-state index >= 15 is 0 Å². The third kappa shape index (κ3) is 3.60. The van der Waals surface area contributed by atoms with Gasteiger partial charge in [-0.3, -0.25) is 4.68 Å². The monoisotopic (exact) mass is 325 g/mol. The summed E-state index contributed by atoms with van der Waals surface area (Å²) in [7, 11) is 0. The summed E-state index contributed by atoms with van der Waals surface area (Å²) in [6.45, 7) is 7.94. The van der Waals surface area contributed by atoms with Crippen LogP contribution in [0.4, 0.5) is 0 Å². The first kappa shape index (κ1) is 16.3. The molecule has 3 nitrogen and oxygen atoms in total. The largest absolute Gasteiger partial charge is 0.305 e. The third-order valence-electron chi connectivity index (χ3n) is 3.47. The van der Waals surface area contributed by atoms with Crippen molar-refractivity contribution in [2.45, 2.75) is 39.8 Å². The van der Waals surface area contributed by atoms with Crippen molar-refractivity contribution in [3.8, 4) is 0 Å². The minimum Gasteiger partial charge on any atom is -0.305 e. The first-order valence-electron chi connectivity index (χ1n) is 7.29. The Morgan fingerprint density at radius 2 is 2.00 bits per heavy atom. The van der Waals surface area contributed by atoms with Crippen molar-refractivity contribution in [2.24, 2.45) is 0 Å². The van der Waals surface area contributed by atoms with Crippen LogP contribution in [0.15, 0.2) is 24.4 Å². The molecule has 1 atom stereocenters. The molecule has 0 aliphatic heterocycles. The average Bonchev–Trinajstić information content (AvgIpc) is 2.81. The fourth-order valence-corrected chi connectivity index (χ4v) is 2.84. The average molecular weight is 326 g/mol. The zero-order chi connectivity index (χ0) is 15.4. The Hall–Kier alpha value is -1.03. The number of nitrogens with zero attached hydrogens (tertiary/aromatic N) is 2. The second kappa shape index (κ2) is 7.30. The third-order valence-corrected chi connectivity index (χ3v) is 4.18. The van der Waals surface area contributed by atoms with Crippen LogP contribution >= 0.6 is 23.2 Å². The molecule has 0 aliphatic carbocycles. The van der Waals surface area contributed by atoms with Crippen LogP contribution in [-0.2, 0) is 6.54 Å². The highest BCUT2D eigenvalue weighted by Crippen LogP contribution is 2.30. The van der Waals surface area contributed by atoms with Gasteiger partial charge >= 0.3 is 0 Å². The zero-order valence-electron chi connectivity index (χ0n) is 12.7. The van der Waals surface area contributed by atoms with Crippen LogP contribution in [0.1, 0.15) is 43.1 Å². The molecule has 0 saturated carbocycles. The maximum Gasteiger partial charge on any atom is 0.0837 e. The summed E-state index contributed by atoms with van der Waals surface area (Å²) in [5, 5.41) is 9.37. The van der Waals surface area contributed by atoms with Gasteiger partial charge in [0.1, 0.15) is 0 Å². The van der Waals surface area contributed by atoms with E-state index in [0.29, 0.717) is 5.02 Å². The molecule has 1 unspecified atom stereocenters. The van der Waals surface area contributed by atoms with Gasteiger partial charge in [0.2, 0.25) is 0 Å². The van der Waals surface area contributed by atoms with Crippen molar-refractivity contribution in [1.82, 2.24) is 15.1 Å². The Labute approximate surface area is 136 Å². The van der Waals surface area contributed by atoms with Gasteiger partial charge in [-0.2, -0.15) is 5.10 Å². The van der Waals surface area contributed by atoms with Crippen molar-refractivity contribution in [2.75, 3.05) is 6.54 Å². The molecule has 0 spiro atoms. The van der Waals surface area contributed by atoms with E-state index in [1.807, 2.05) is 23.7 Å². The lowest BCUT2D eigenvalue weighted by Crippen LogP contribution is -2.25. The maximum absolute atomic E-state index is 6.38. The summed E-state index contributed by atoms with van der Waals surface area (Å²) in [6.07, 6.45) is 2.74. The molecule has 0 fully saturated rings. The molecule has 0 amide bonds. The van der Waals surface area contributed by atoms with Gasteiger partial charge in [-0.25, -0.2) is 0 Å². The highest BCUT2D eigenvalue weighted by Gasteiger charge is 2.21. The summed E-state index contributed by atoms with van der Waals surface area (Å²) in [5.41, 5.74) is 3.23. The Morgan fingerprint density at radius 1 is 1.24 bits per heavy atom. The van der Waals surface area contributed by atoms with Crippen LogP contribution in [0, 0.1) is 6.92 Å². The standard InChI is InChI=1S/C16H21Cl2N3/c1-4-8-21-16(14(18)10-20-21)15(19-5-2)12-6-7-13(17)11(3)9-12/h6-7,9-10,15,19H,4-5,8H2,1-3H3. The molecule has 2 aromatic rings. The van der Waals surface area contributed by atoms with Crippen molar-refractivity contribution < 1.29 is 0 Å². The summed E-state index contributed by atoms with van der Waals surface area (Å²) < 4.78 is 1.99. The lowest BCUT2D eigenvalue weighted by Gasteiger charge is -2.21. The second-order valence-corrected chi connectivity index (χ2v) is 5.91. The minimum absolute atomic E-state index is 0.0208. The van der Waals surface area contributed by atoms with Crippen LogP contribution in [0.3, 0.4) is 0 Å². The van der Waals surface area contributed by atoms with E-state index in [1.54, 1.807) is 6.20 Å². The molecule has 21 heavy (non-hydrogen) atoms. The van der Waals surface area contributed by atoms with Crippen LogP contribution in [0.5, 0.6) is 0 Å². The number of hydrogen-bond acceptors (Lipinski definition) is 2. The van der Waals surface area contributed by atoms with Crippen LogP contribution in [-0.4, -0.2) is 16.3 Å². The molecule has 2 rings (SSSR count). The van der Waals surface area contributed by atoms with E-state index in [4.69, 9.17) is 23.2 Å². The molecule has 1 heterocycles. The van der Waals surface area contributed by atoms with E-state index in [-0.39, 0.29) is 6.04 Å². The number of halogens is 2. The fourth-order valence-electron chi connectivity index (χ4n) is 2.47. The second-order valence-electron chi connectivity index (χ2n) is 5.10. The van der Waals surface area contributed by atoms with Gasteiger partial charge in [0.25, 0.3) is 0 Å². The molecule has 5 heteroatoms. The summed E-state index contributed by atoms with van der Waals surface area (Å²) in [5.74, 6) is 0. The van der Waals surface area contributed by atoms with Crippen molar-refractivity contribution in [1.29, 1.82) is 0 Å². The molecule has 0 saturated heterocycles. The normalized spacial score (nSPS) is 12.6. The molecule has 1 aromatic heterocycles. The first-order chi connectivity index (χ1) is 10.1. The Morgan fingerprint density at radius 3 is 2.62 bits per heavy atom. The smallest absolute Gasteiger partial charge is 0.0837 e. The van der Waals surface area contributed by atoms with E-state index in [2.05, 4.69) is 30.3 Å². The first-order valence-corrected chi connectivity index (χ1v) is 8.04. The fraction of sp³-hybridized carbons (Fsp3) is 0.438. The highest BCUT2D eigenvalue weighted by atomic mass is 35.5. The quantitative estimate of drug-likeness (QED) is 0.840. The molecular formula is C16H21Cl2N3. The highest BCUT2D eigenvalue weighted by molar-refractivity contribution is 6.31. The van der Waals surface area contributed by atoms with Crippen molar-refractivity contribution in [3.05, 3.63) is 51.3 Å². The predicted molar refractivity (Wildman–Crippen MR) is 89.2 cm³/mol. The lowest BCUT2D eigenvalue weighted by molar-refractivity contribution is 0.520. The molecular weight excluding hydrogens is 305 g/mol. The van der Waals surface area contributed by atoms with Gasteiger partial charge in [-0.05, 0) is 37.1 Å². The number of aromatic nitrogens is 2. The maximum atomic E-state index is 6.38. The SMILES string of the molecule is CCCn1ncc(Cl)c1C(NCC)c1ccc(Cl)c(C)c1. The molecule has 0 bridgehead atoms. The number of benzene rings is 1. The van der Waals surface area contributed by atoms with Gasteiger partial charge in [0.05, 0.1) is 23.0 Å². The number of aryl methyl sites for hydroxylation is 2. The van der Waals surface area contributed by atoms with Crippen molar-refractivity contribution in [3.63, 3.8) is 0 Å². The van der Waals surface area contributed by atoms with Gasteiger partial charge < -0.3 is 5.32 Å². The van der Waals surface area contributed by atoms with Gasteiger partial charge in [-0.1, -0.05) is 49.2 Å². The van der Waals surface area contributed by atoms with Crippen molar-refractivity contribution >= 4 is 23.2 Å². The van der Waals surface area contributed by atoms with Crippen LogP contribution in [0.2, 0.25) is 10.0 Å². The van der Waals surface area contributed by atoms with E-state index in [1.165, 1.54) is 0 Å². The lowest BCUT2D eigenvalue weighted by atomic mass is 10.0. The van der Waals surface area contributed by atoms with Gasteiger partial charge in [0.15, 0.2) is 0 Å². The molecule has 0 aliphatic rings. The van der Waals surface area contributed by atoms with E-state index in [0.717, 1.165) is 41.4 Å². The predicted octanol–water partition coefficient (Wildman–Crippen LogP) is 4.61. The summed E-state index contributed by atoms with van der Waals surface area (Å²) >= 11 is 12.5. The topological polar surface area (TPSA) is 29.9 Å². The Kier molecular flexibility index (Phi) is 5.68. The summed E-state index contributed by atoms with van der Waals surface area (Å²) in [6, 6.07) is 6.11. The molecule has 1 aromatic carbocycles. The zero-order valence-corrected chi connectivity index (χ0v) is 14.2. The van der Waals surface area contributed by atoms with Gasteiger partial charge in [0, 0.05) is 11.6 Å². The Balaban J connectivity index is 2.47. The number of nitrogens with one attached hydrogen (secondary N) is 1. The molecule has 1 N–H and O–H groups in total. The number of rotatable bonds is 6. The Bertz CT molecular complexity index is 608.